The van der Waals surface area contributed by atoms with Gasteiger partial charge in [0.15, 0.2) is 0 Å². The summed E-state index contributed by atoms with van der Waals surface area (Å²) in [4.78, 5) is 14.5. The lowest BCUT2D eigenvalue weighted by Gasteiger charge is -2.24. The fourth-order valence-corrected chi connectivity index (χ4v) is 2.73. The van der Waals surface area contributed by atoms with Crippen molar-refractivity contribution in [3.05, 3.63) is 34.9 Å². The number of carbonyl (C=O) groups is 1. The topological polar surface area (TPSA) is 29.5 Å². The van der Waals surface area contributed by atoms with E-state index in [2.05, 4.69) is 6.07 Å². The number of amides is 1. The Morgan fingerprint density at radius 3 is 2.40 bits per heavy atom. The third-order valence-electron chi connectivity index (χ3n) is 3.47. The largest absolute Gasteiger partial charge is 0.383 e. The summed E-state index contributed by atoms with van der Waals surface area (Å²) in [6, 6.07) is 6.27. The van der Waals surface area contributed by atoms with Crippen LogP contribution in [0.3, 0.4) is 0 Å². The number of carbonyl (C=O) groups excluding carboxylic acids is 1. The van der Waals surface area contributed by atoms with Gasteiger partial charge in [-0.3, -0.25) is 4.79 Å². The molecular weight excluding hydrogens is 250 g/mol. The van der Waals surface area contributed by atoms with Gasteiger partial charge >= 0.3 is 0 Å². The van der Waals surface area contributed by atoms with Crippen molar-refractivity contribution in [1.82, 2.24) is 4.90 Å². The summed E-state index contributed by atoms with van der Waals surface area (Å²) in [6.45, 7) is 9.54. The van der Waals surface area contributed by atoms with Crippen LogP contribution in [-0.2, 0) is 4.74 Å². The lowest BCUT2D eigenvalue weighted by molar-refractivity contribution is 0.0630. The van der Waals surface area contributed by atoms with Crippen molar-refractivity contribution in [3.63, 3.8) is 0 Å². The lowest BCUT2D eigenvalue weighted by atomic mass is 10.1. The van der Waals surface area contributed by atoms with Crippen LogP contribution in [0.2, 0.25) is 0 Å². The number of hydrogen-bond acceptors (Lipinski definition) is 2. The minimum atomic E-state index is 0.140. The molecule has 3 heteroatoms. The van der Waals surface area contributed by atoms with Crippen molar-refractivity contribution < 1.29 is 9.53 Å². The molecule has 3 nitrogen and oxygen atoms in total. The van der Waals surface area contributed by atoms with E-state index in [9.17, 15) is 4.79 Å². The van der Waals surface area contributed by atoms with Gasteiger partial charge in [-0.15, -0.1) is 0 Å². The zero-order chi connectivity index (χ0) is 15.1. The fraction of sp³-hybridized carbons (Fsp3) is 0.588. The number of nitrogens with zero attached hydrogens (tertiary/aromatic N) is 1. The number of ether oxygens (including phenoxy) is 1. The van der Waals surface area contributed by atoms with Gasteiger partial charge in [0.25, 0.3) is 5.91 Å². The molecule has 0 bridgehead atoms. The Kier molecular flexibility index (Phi) is 6.73. The molecule has 1 fully saturated rings. The Balaban J connectivity index is 0.000000956. The first-order chi connectivity index (χ1) is 9.61. The Hall–Kier alpha value is -1.35. The Bertz CT molecular complexity index is 422. The number of benzene rings is 1. The summed E-state index contributed by atoms with van der Waals surface area (Å²) in [5.74, 6) is 0.140. The third kappa shape index (κ3) is 4.07. The Morgan fingerprint density at radius 2 is 1.85 bits per heavy atom. The average molecular weight is 277 g/mol. The fourth-order valence-electron chi connectivity index (χ4n) is 2.73. The van der Waals surface area contributed by atoms with Gasteiger partial charge < -0.3 is 9.64 Å². The highest BCUT2D eigenvalue weighted by atomic mass is 16.5. The molecule has 1 aliphatic heterocycles. The average Bonchev–Trinajstić information content (AvgIpc) is 2.88. The van der Waals surface area contributed by atoms with Crippen LogP contribution in [0.4, 0.5) is 0 Å². The first kappa shape index (κ1) is 16.7. The van der Waals surface area contributed by atoms with E-state index in [4.69, 9.17) is 4.74 Å². The molecule has 1 heterocycles. The van der Waals surface area contributed by atoms with Crippen LogP contribution >= 0.6 is 0 Å². The molecule has 1 saturated heterocycles. The molecule has 1 aromatic carbocycles. The number of aryl methyl sites for hydroxylation is 2. The summed E-state index contributed by atoms with van der Waals surface area (Å²) in [6.07, 6.45) is 2.12. The number of rotatable bonds is 3. The van der Waals surface area contributed by atoms with Crippen LogP contribution < -0.4 is 0 Å². The van der Waals surface area contributed by atoms with Crippen LogP contribution in [0.1, 0.15) is 48.2 Å². The zero-order valence-electron chi connectivity index (χ0n) is 13.4. The van der Waals surface area contributed by atoms with E-state index in [1.807, 2.05) is 44.7 Å². The quantitative estimate of drug-likeness (QED) is 0.845. The monoisotopic (exact) mass is 277 g/mol. The molecule has 0 aliphatic carbocycles. The molecule has 1 aromatic rings. The van der Waals surface area contributed by atoms with Crippen LogP contribution in [0.25, 0.3) is 0 Å². The minimum absolute atomic E-state index is 0.140. The van der Waals surface area contributed by atoms with E-state index in [1.54, 1.807) is 7.11 Å². The first-order valence-corrected chi connectivity index (χ1v) is 7.50. The van der Waals surface area contributed by atoms with Crippen LogP contribution in [0.5, 0.6) is 0 Å². The van der Waals surface area contributed by atoms with Gasteiger partial charge in [0.1, 0.15) is 0 Å². The van der Waals surface area contributed by atoms with Crippen molar-refractivity contribution in [3.8, 4) is 0 Å². The number of hydrogen-bond donors (Lipinski definition) is 0. The van der Waals surface area contributed by atoms with E-state index in [1.165, 1.54) is 0 Å². The van der Waals surface area contributed by atoms with Crippen molar-refractivity contribution in [2.75, 3.05) is 20.3 Å². The maximum absolute atomic E-state index is 12.5. The predicted molar refractivity (Wildman–Crippen MR) is 83.2 cm³/mol. The molecule has 1 aliphatic rings. The van der Waals surface area contributed by atoms with Gasteiger partial charge in [-0.1, -0.05) is 31.0 Å². The number of likely N-dealkylation sites (tertiary alicyclic amines) is 1. The molecule has 1 amide bonds. The molecule has 0 spiro atoms. The van der Waals surface area contributed by atoms with Gasteiger partial charge in [0, 0.05) is 19.2 Å². The molecule has 112 valence electrons. The molecule has 2 rings (SSSR count). The van der Waals surface area contributed by atoms with Gasteiger partial charge in [-0.2, -0.15) is 0 Å². The Morgan fingerprint density at radius 1 is 1.25 bits per heavy atom. The van der Waals surface area contributed by atoms with Gasteiger partial charge in [-0.25, -0.2) is 0 Å². The summed E-state index contributed by atoms with van der Waals surface area (Å²) in [5, 5.41) is 0. The highest BCUT2D eigenvalue weighted by Gasteiger charge is 2.29. The molecule has 20 heavy (non-hydrogen) atoms. The molecule has 0 radical (unpaired) electrons. The molecule has 0 N–H and O–H groups in total. The van der Waals surface area contributed by atoms with Crippen LogP contribution in [0.15, 0.2) is 18.2 Å². The van der Waals surface area contributed by atoms with E-state index in [0.29, 0.717) is 6.61 Å². The minimum Gasteiger partial charge on any atom is -0.383 e. The summed E-state index contributed by atoms with van der Waals surface area (Å²) >= 11 is 0. The maximum atomic E-state index is 12.5. The van der Waals surface area contributed by atoms with Crippen LogP contribution in [-0.4, -0.2) is 37.1 Å². The number of methoxy groups -OCH3 is 1. The lowest BCUT2D eigenvalue weighted by Crippen LogP contribution is -2.38. The molecule has 0 aromatic heterocycles. The van der Waals surface area contributed by atoms with E-state index in [-0.39, 0.29) is 11.9 Å². The summed E-state index contributed by atoms with van der Waals surface area (Å²) in [7, 11) is 1.69. The highest BCUT2D eigenvalue weighted by molar-refractivity contribution is 5.95. The van der Waals surface area contributed by atoms with Crippen molar-refractivity contribution >= 4 is 5.91 Å². The second-order valence-electron chi connectivity index (χ2n) is 5.13. The zero-order valence-corrected chi connectivity index (χ0v) is 13.4. The third-order valence-corrected chi connectivity index (χ3v) is 3.47. The smallest absolute Gasteiger partial charge is 0.254 e. The first-order valence-electron chi connectivity index (χ1n) is 7.50. The molecule has 0 saturated carbocycles. The SMILES string of the molecule is CC.COC[C@H]1CCCN1C(=O)c1cc(C)cc(C)c1. The van der Waals surface area contributed by atoms with E-state index < -0.39 is 0 Å². The summed E-state index contributed by atoms with van der Waals surface area (Å²) < 4.78 is 5.20. The Labute approximate surface area is 122 Å². The van der Waals surface area contributed by atoms with Gasteiger partial charge in [0.2, 0.25) is 0 Å². The molecule has 1 atom stereocenters. The molecule has 0 unspecified atom stereocenters. The maximum Gasteiger partial charge on any atom is 0.254 e. The van der Waals surface area contributed by atoms with Crippen molar-refractivity contribution in [2.24, 2.45) is 0 Å². The predicted octanol–water partition coefficient (Wildman–Crippen LogP) is 3.58. The normalized spacial score (nSPS) is 17.6. The van der Waals surface area contributed by atoms with Crippen molar-refractivity contribution in [1.29, 1.82) is 0 Å². The second-order valence-corrected chi connectivity index (χ2v) is 5.13. The van der Waals surface area contributed by atoms with Gasteiger partial charge in [-0.05, 0) is 38.8 Å². The second kappa shape index (κ2) is 8.05. The van der Waals surface area contributed by atoms with E-state index >= 15 is 0 Å². The van der Waals surface area contributed by atoms with E-state index in [0.717, 1.165) is 36.1 Å². The van der Waals surface area contributed by atoms with Crippen molar-refractivity contribution in [2.45, 2.75) is 46.6 Å². The highest BCUT2D eigenvalue weighted by Crippen LogP contribution is 2.21. The standard InChI is InChI=1S/C15H21NO2.C2H6/c1-11-7-12(2)9-13(8-11)15(17)16-6-4-5-14(16)10-18-3;1-2/h7-9,14H,4-6,10H2,1-3H3;1-2H3/t14-;/m1./s1. The molecular formula is C17H27NO2. The van der Waals surface area contributed by atoms with Crippen LogP contribution in [0, 0.1) is 13.8 Å². The summed E-state index contributed by atoms with van der Waals surface area (Å²) in [5.41, 5.74) is 3.08. The van der Waals surface area contributed by atoms with Gasteiger partial charge in [0.05, 0.1) is 12.6 Å².